The third-order valence-electron chi connectivity index (χ3n) is 10.7. The lowest BCUT2D eigenvalue weighted by Gasteiger charge is -2.18. The van der Waals surface area contributed by atoms with Crippen molar-refractivity contribution in [3.05, 3.63) is 0 Å². The molecule has 422 valence electrons. The molecule has 4 N–H and O–H groups in total. The maximum Gasteiger partial charge on any atom is 0.0781 e. The monoisotopic (exact) mass is 1010 g/mol. The van der Waals surface area contributed by atoms with Gasteiger partial charge in [0, 0.05) is 131 Å². The molecule has 0 heterocycles. The Kier molecular flexibility index (Phi) is 57.1. The minimum Gasteiger partial charge on any atom is -0.381 e. The van der Waals surface area contributed by atoms with Gasteiger partial charge in [-0.15, -0.1) is 0 Å². The van der Waals surface area contributed by atoms with Crippen LogP contribution < -0.4 is 11.5 Å². The molecule has 0 saturated carbocycles. The predicted molar refractivity (Wildman–Crippen MR) is 280 cm³/mol. The van der Waals surface area contributed by atoms with E-state index >= 15 is 0 Å². The Morgan fingerprint density at radius 1 is 0.200 bits per heavy atom. The molecule has 70 heavy (non-hydrogen) atoms. The first-order chi connectivity index (χ1) is 34.2. The van der Waals surface area contributed by atoms with Crippen LogP contribution in [0.2, 0.25) is 0 Å². The molecule has 16 heteroatoms. The van der Waals surface area contributed by atoms with Crippen LogP contribution >= 0.6 is 0 Å². The van der Waals surface area contributed by atoms with Crippen LogP contribution in [0.4, 0.5) is 0 Å². The van der Waals surface area contributed by atoms with Crippen molar-refractivity contribution in [2.75, 3.05) is 159 Å². The third kappa shape index (κ3) is 59.9. The van der Waals surface area contributed by atoms with Gasteiger partial charge in [0.05, 0.1) is 64.1 Å². The van der Waals surface area contributed by atoms with E-state index < -0.39 is 0 Å². The maximum atomic E-state index is 5.78. The van der Waals surface area contributed by atoms with Gasteiger partial charge < -0.3 is 77.8 Å². The second kappa shape index (κ2) is 57.6. The van der Waals surface area contributed by atoms with E-state index in [1.807, 2.05) is 41.5 Å². The van der Waals surface area contributed by atoms with E-state index in [0.717, 1.165) is 234 Å². The minimum atomic E-state index is 0.0336. The molecular formula is C54H112N2O14. The molecule has 0 rings (SSSR count). The lowest BCUT2D eigenvalue weighted by Crippen LogP contribution is -2.28. The van der Waals surface area contributed by atoms with Crippen LogP contribution in [0.1, 0.15) is 157 Å². The molecule has 16 nitrogen and oxygen atoms in total. The predicted octanol–water partition coefficient (Wildman–Crippen LogP) is 8.49. The average Bonchev–Trinajstić information content (AvgIpc) is 3.34. The molecule has 6 unspecified atom stereocenters. The molecule has 0 radical (unpaired) electrons. The fourth-order valence-electron chi connectivity index (χ4n) is 6.41. The molecule has 6 atom stereocenters. The van der Waals surface area contributed by atoms with Crippen LogP contribution in [0.25, 0.3) is 0 Å². The Hall–Kier alpha value is -0.640. The lowest BCUT2D eigenvalue weighted by molar-refractivity contribution is -0.0588. The van der Waals surface area contributed by atoms with Crippen LogP contribution in [-0.2, 0) is 66.3 Å². The summed E-state index contributed by atoms with van der Waals surface area (Å²) in [5, 5.41) is 0. The summed E-state index contributed by atoms with van der Waals surface area (Å²) in [5.41, 5.74) is 11.4. The fourth-order valence-corrected chi connectivity index (χ4v) is 6.41. The van der Waals surface area contributed by atoms with Gasteiger partial charge in [-0.05, 0) is 157 Å². The molecule has 0 saturated heterocycles. The Balaban J connectivity index is 3.16. The van der Waals surface area contributed by atoms with E-state index in [2.05, 4.69) is 0 Å². The molecule has 0 aromatic heterocycles. The van der Waals surface area contributed by atoms with E-state index in [-0.39, 0.29) is 36.5 Å². The number of ether oxygens (including phenoxy) is 14. The molecule has 0 fully saturated rings. The molecule has 0 aliphatic rings. The topological polar surface area (TPSA) is 181 Å². The number of rotatable bonds is 61. The van der Waals surface area contributed by atoms with Gasteiger partial charge in [0.25, 0.3) is 0 Å². The Labute approximate surface area is 428 Å². The van der Waals surface area contributed by atoms with Gasteiger partial charge in [0.2, 0.25) is 0 Å². The summed E-state index contributed by atoms with van der Waals surface area (Å²) in [5.74, 6) is 0. The van der Waals surface area contributed by atoms with Crippen molar-refractivity contribution in [2.45, 2.75) is 194 Å². The molecule has 0 aromatic rings. The van der Waals surface area contributed by atoms with Gasteiger partial charge in [-0.25, -0.2) is 0 Å². The van der Waals surface area contributed by atoms with Crippen molar-refractivity contribution in [2.24, 2.45) is 11.5 Å². The number of nitrogens with two attached hydrogens (primary N) is 2. The van der Waals surface area contributed by atoms with E-state index in [1.165, 1.54) is 0 Å². The minimum absolute atomic E-state index is 0.0336. The van der Waals surface area contributed by atoms with E-state index in [0.29, 0.717) is 39.6 Å². The molecule has 0 spiro atoms. The van der Waals surface area contributed by atoms with Crippen LogP contribution in [-0.4, -0.2) is 195 Å². The highest BCUT2D eigenvalue weighted by molar-refractivity contribution is 4.58. The quantitative estimate of drug-likeness (QED) is 0.0553. The second-order valence-electron chi connectivity index (χ2n) is 18.9. The Morgan fingerprint density at radius 2 is 0.343 bits per heavy atom. The van der Waals surface area contributed by atoms with Gasteiger partial charge in [-0.2, -0.15) is 0 Å². The van der Waals surface area contributed by atoms with Gasteiger partial charge >= 0.3 is 0 Å². The summed E-state index contributed by atoms with van der Waals surface area (Å²) in [6, 6.07) is 0.0800. The zero-order chi connectivity index (χ0) is 51.1. The lowest BCUT2D eigenvalue weighted by atomic mass is 10.3. The number of hydrogen-bond acceptors (Lipinski definition) is 16. The van der Waals surface area contributed by atoms with E-state index in [4.69, 9.17) is 77.8 Å². The van der Waals surface area contributed by atoms with Crippen LogP contribution in [0, 0.1) is 0 Å². The zero-order valence-electron chi connectivity index (χ0n) is 46.0. The third-order valence-corrected chi connectivity index (χ3v) is 10.7. The largest absolute Gasteiger partial charge is 0.381 e. The highest BCUT2D eigenvalue weighted by Crippen LogP contribution is 2.05. The molecule has 0 amide bonds. The summed E-state index contributed by atoms with van der Waals surface area (Å²) < 4.78 is 80.4. The average molecular weight is 1010 g/mol. The summed E-state index contributed by atoms with van der Waals surface area (Å²) >= 11 is 0. The van der Waals surface area contributed by atoms with Crippen LogP contribution in [0.5, 0.6) is 0 Å². The maximum absolute atomic E-state index is 5.78. The smallest absolute Gasteiger partial charge is 0.0781 e. The number of hydrogen-bond donors (Lipinski definition) is 2. The van der Waals surface area contributed by atoms with Crippen LogP contribution in [0.15, 0.2) is 0 Å². The summed E-state index contributed by atoms with van der Waals surface area (Å²) in [4.78, 5) is 0. The summed E-state index contributed by atoms with van der Waals surface area (Å²) in [7, 11) is 0. The fraction of sp³-hybridized carbons (Fsp3) is 1.00. The second-order valence-corrected chi connectivity index (χ2v) is 18.9. The standard InChI is InChI=1S/C54H112N2O14/c1-49(55)43-67-53(5)47-69-51(3)45-65-41-23-21-39-63-37-19-17-35-61-33-15-13-31-59-29-11-9-27-57-25-7-8-26-58-28-10-12-30-60-32-14-16-34-62-36-18-20-38-64-40-22-24-42-66-46-52(4)70-48-54(6)68-44-50(2)56/h49-54H,7-48,55-56H2,1-6H3. The van der Waals surface area contributed by atoms with Gasteiger partial charge in [-0.3, -0.25) is 0 Å². The summed E-state index contributed by atoms with van der Waals surface area (Å²) in [6.07, 6.45) is 18.6. The van der Waals surface area contributed by atoms with Crippen molar-refractivity contribution in [3.63, 3.8) is 0 Å². The van der Waals surface area contributed by atoms with E-state index in [9.17, 15) is 0 Å². The Bertz CT molecular complexity index is 904. The molecule has 0 aliphatic carbocycles. The Morgan fingerprint density at radius 3 is 0.514 bits per heavy atom. The SMILES string of the molecule is CC(N)COC(C)COC(C)COCCCCOCCCCOCCCCOCCCCOCCCCOCCCCOCCCCOCCCCOCCCCOCC(C)OCC(C)OCC(C)N. The van der Waals surface area contributed by atoms with Gasteiger partial charge in [-0.1, -0.05) is 0 Å². The van der Waals surface area contributed by atoms with Crippen LogP contribution in [0.3, 0.4) is 0 Å². The molecule has 0 bridgehead atoms. The van der Waals surface area contributed by atoms with E-state index in [1.54, 1.807) is 0 Å². The van der Waals surface area contributed by atoms with Gasteiger partial charge in [0.15, 0.2) is 0 Å². The molecule has 0 aromatic carbocycles. The highest BCUT2D eigenvalue weighted by Gasteiger charge is 2.10. The molecular weight excluding hydrogens is 901 g/mol. The van der Waals surface area contributed by atoms with Gasteiger partial charge in [0.1, 0.15) is 0 Å². The first kappa shape index (κ1) is 69.4. The van der Waals surface area contributed by atoms with Crippen molar-refractivity contribution < 1.29 is 66.3 Å². The summed E-state index contributed by atoms with van der Waals surface area (Å²) in [6.45, 7) is 29.4. The normalized spacial score (nSPS) is 14.6. The van der Waals surface area contributed by atoms with Crippen molar-refractivity contribution in [1.82, 2.24) is 0 Å². The highest BCUT2D eigenvalue weighted by atomic mass is 16.6. The first-order valence-electron chi connectivity index (χ1n) is 28.0. The zero-order valence-corrected chi connectivity index (χ0v) is 46.0. The molecule has 0 aliphatic heterocycles. The van der Waals surface area contributed by atoms with Crippen molar-refractivity contribution in [3.8, 4) is 0 Å². The first-order valence-corrected chi connectivity index (χ1v) is 28.0. The number of unbranched alkanes of at least 4 members (excludes halogenated alkanes) is 9. The van der Waals surface area contributed by atoms with Crippen molar-refractivity contribution in [1.29, 1.82) is 0 Å². The van der Waals surface area contributed by atoms with Crippen molar-refractivity contribution >= 4 is 0 Å².